The summed E-state index contributed by atoms with van der Waals surface area (Å²) in [4.78, 5) is 2.48. The summed E-state index contributed by atoms with van der Waals surface area (Å²) in [6, 6.07) is 8.32. The predicted molar refractivity (Wildman–Crippen MR) is 84.8 cm³/mol. The van der Waals surface area contributed by atoms with Gasteiger partial charge in [0.15, 0.2) is 0 Å². The minimum absolute atomic E-state index is 0.442. The zero-order chi connectivity index (χ0) is 14.7. The third kappa shape index (κ3) is 3.41. The molecule has 0 amide bonds. The van der Waals surface area contributed by atoms with Gasteiger partial charge in [-0.15, -0.1) is 0 Å². The van der Waals surface area contributed by atoms with Crippen LogP contribution in [0, 0.1) is 0 Å². The molecule has 3 heteroatoms. The summed E-state index contributed by atoms with van der Waals surface area (Å²) < 4.78 is 5.73. The molecule has 0 aromatic heterocycles. The van der Waals surface area contributed by atoms with Crippen molar-refractivity contribution in [2.24, 2.45) is 0 Å². The lowest BCUT2D eigenvalue weighted by atomic mass is 9.78. The Morgan fingerprint density at radius 1 is 1.29 bits per heavy atom. The van der Waals surface area contributed by atoms with Crippen molar-refractivity contribution in [3.63, 3.8) is 0 Å². The second-order valence-corrected chi connectivity index (χ2v) is 6.64. The third-order valence-corrected chi connectivity index (χ3v) is 5.04. The number of ether oxygens (including phenoxy) is 1. The van der Waals surface area contributed by atoms with Gasteiger partial charge in [0.25, 0.3) is 0 Å². The Labute approximate surface area is 127 Å². The number of para-hydroxylation sites is 1. The van der Waals surface area contributed by atoms with E-state index >= 15 is 0 Å². The van der Waals surface area contributed by atoms with E-state index in [1.54, 1.807) is 0 Å². The normalized spacial score (nSPS) is 25.1. The van der Waals surface area contributed by atoms with E-state index in [4.69, 9.17) is 4.74 Å². The molecule has 1 aromatic carbocycles. The molecule has 1 N–H and O–H groups in total. The van der Waals surface area contributed by atoms with Crippen molar-refractivity contribution in [2.45, 2.75) is 50.5 Å². The van der Waals surface area contributed by atoms with Crippen molar-refractivity contribution in [3.8, 4) is 5.75 Å². The Balaban J connectivity index is 1.65. The van der Waals surface area contributed by atoms with E-state index in [0.29, 0.717) is 5.92 Å². The van der Waals surface area contributed by atoms with Crippen LogP contribution in [0.2, 0.25) is 0 Å². The average Bonchev–Trinajstić information content (AvgIpc) is 2.50. The first-order valence-electron chi connectivity index (χ1n) is 8.37. The van der Waals surface area contributed by atoms with Gasteiger partial charge in [-0.25, -0.2) is 0 Å². The molecular formula is C18H27NO2. The van der Waals surface area contributed by atoms with Gasteiger partial charge < -0.3 is 14.7 Å². The number of aliphatic hydroxyl groups is 1. The number of nitrogens with zero attached hydrogens (tertiary/aromatic N) is 1. The van der Waals surface area contributed by atoms with Gasteiger partial charge in [0.05, 0.1) is 12.2 Å². The number of piperidine rings is 1. The summed E-state index contributed by atoms with van der Waals surface area (Å²) in [5.41, 5.74) is 0.799. The van der Waals surface area contributed by atoms with Crippen LogP contribution in [0.4, 0.5) is 0 Å². The van der Waals surface area contributed by atoms with Gasteiger partial charge in [-0.2, -0.15) is 0 Å². The summed E-state index contributed by atoms with van der Waals surface area (Å²) in [6.45, 7) is 6.24. The molecule has 0 radical (unpaired) electrons. The molecule has 21 heavy (non-hydrogen) atoms. The highest BCUT2D eigenvalue weighted by Gasteiger charge is 2.36. The quantitative estimate of drug-likeness (QED) is 0.924. The second kappa shape index (κ2) is 6.37. The monoisotopic (exact) mass is 289 g/mol. The highest BCUT2D eigenvalue weighted by molar-refractivity contribution is 5.38. The van der Waals surface area contributed by atoms with E-state index in [2.05, 4.69) is 30.0 Å². The van der Waals surface area contributed by atoms with Gasteiger partial charge in [-0.05, 0) is 56.2 Å². The Kier molecular flexibility index (Phi) is 4.51. The Morgan fingerprint density at radius 2 is 2.05 bits per heavy atom. The molecule has 1 aromatic rings. The minimum Gasteiger partial charge on any atom is -0.493 e. The molecule has 2 aliphatic rings. The van der Waals surface area contributed by atoms with E-state index in [-0.39, 0.29) is 0 Å². The molecule has 1 unspecified atom stereocenters. The summed E-state index contributed by atoms with van der Waals surface area (Å²) in [5.74, 6) is 1.46. The van der Waals surface area contributed by atoms with Crippen LogP contribution < -0.4 is 4.74 Å². The number of likely N-dealkylation sites (tertiary alicyclic amines) is 1. The van der Waals surface area contributed by atoms with Crippen LogP contribution in [0.3, 0.4) is 0 Å². The van der Waals surface area contributed by atoms with Gasteiger partial charge in [0.2, 0.25) is 0 Å². The van der Waals surface area contributed by atoms with E-state index < -0.39 is 5.60 Å². The summed E-state index contributed by atoms with van der Waals surface area (Å²) in [6.07, 6.45) is 4.93. The van der Waals surface area contributed by atoms with Crippen molar-refractivity contribution in [1.82, 2.24) is 4.90 Å². The highest BCUT2D eigenvalue weighted by Crippen LogP contribution is 2.40. The first-order chi connectivity index (χ1) is 10.2. The molecule has 1 saturated heterocycles. The molecule has 0 bridgehead atoms. The van der Waals surface area contributed by atoms with Crippen LogP contribution in [0.15, 0.2) is 24.3 Å². The lowest BCUT2D eigenvalue weighted by Gasteiger charge is -2.41. The van der Waals surface area contributed by atoms with Crippen LogP contribution >= 0.6 is 0 Å². The molecular weight excluding hydrogens is 262 g/mol. The smallest absolute Gasteiger partial charge is 0.122 e. The van der Waals surface area contributed by atoms with Crippen molar-refractivity contribution in [3.05, 3.63) is 29.8 Å². The van der Waals surface area contributed by atoms with Gasteiger partial charge in [0, 0.05) is 13.1 Å². The van der Waals surface area contributed by atoms with E-state index in [1.807, 2.05) is 6.07 Å². The van der Waals surface area contributed by atoms with Crippen LogP contribution in [-0.4, -0.2) is 41.8 Å². The maximum Gasteiger partial charge on any atom is 0.122 e. The number of hydrogen-bond acceptors (Lipinski definition) is 3. The topological polar surface area (TPSA) is 32.7 Å². The molecule has 2 heterocycles. The summed E-state index contributed by atoms with van der Waals surface area (Å²) in [7, 11) is 0. The largest absolute Gasteiger partial charge is 0.493 e. The van der Waals surface area contributed by atoms with Gasteiger partial charge in [-0.3, -0.25) is 0 Å². The molecule has 0 aliphatic carbocycles. The molecule has 2 aliphatic heterocycles. The SMILES string of the molecule is CCCN1CCC(O)(CC2CCOc3ccccc32)CC1. The van der Waals surface area contributed by atoms with Crippen LogP contribution in [0.1, 0.15) is 50.5 Å². The van der Waals surface area contributed by atoms with Crippen molar-refractivity contribution < 1.29 is 9.84 Å². The molecule has 3 nitrogen and oxygen atoms in total. The van der Waals surface area contributed by atoms with Gasteiger partial charge in [0.1, 0.15) is 5.75 Å². The summed E-state index contributed by atoms with van der Waals surface area (Å²) in [5, 5.41) is 11.0. The second-order valence-electron chi connectivity index (χ2n) is 6.64. The molecule has 116 valence electrons. The first kappa shape index (κ1) is 14.9. The molecule has 1 fully saturated rings. The van der Waals surface area contributed by atoms with Gasteiger partial charge in [-0.1, -0.05) is 25.1 Å². The Morgan fingerprint density at radius 3 is 2.81 bits per heavy atom. The van der Waals surface area contributed by atoms with Crippen LogP contribution in [-0.2, 0) is 0 Å². The van der Waals surface area contributed by atoms with Crippen molar-refractivity contribution in [2.75, 3.05) is 26.2 Å². The van der Waals surface area contributed by atoms with Gasteiger partial charge >= 0.3 is 0 Å². The van der Waals surface area contributed by atoms with Crippen LogP contribution in [0.5, 0.6) is 5.75 Å². The minimum atomic E-state index is -0.487. The molecule has 0 spiro atoms. The first-order valence-corrected chi connectivity index (χ1v) is 8.37. The highest BCUT2D eigenvalue weighted by atomic mass is 16.5. The van der Waals surface area contributed by atoms with Crippen molar-refractivity contribution >= 4 is 0 Å². The number of rotatable bonds is 4. The Hall–Kier alpha value is -1.06. The maximum absolute atomic E-state index is 11.0. The van der Waals surface area contributed by atoms with E-state index in [1.165, 1.54) is 12.0 Å². The van der Waals surface area contributed by atoms with E-state index in [0.717, 1.165) is 57.7 Å². The molecule has 3 rings (SSSR count). The molecule has 1 atom stereocenters. The van der Waals surface area contributed by atoms with Crippen LogP contribution in [0.25, 0.3) is 0 Å². The Bertz CT molecular complexity index is 466. The van der Waals surface area contributed by atoms with E-state index in [9.17, 15) is 5.11 Å². The zero-order valence-corrected chi connectivity index (χ0v) is 13.1. The van der Waals surface area contributed by atoms with Crippen molar-refractivity contribution in [1.29, 1.82) is 0 Å². The fourth-order valence-electron chi connectivity index (χ4n) is 3.80. The lowest BCUT2D eigenvalue weighted by molar-refractivity contribution is -0.0347. The fraction of sp³-hybridized carbons (Fsp3) is 0.667. The average molecular weight is 289 g/mol. The fourth-order valence-corrected chi connectivity index (χ4v) is 3.80. The predicted octanol–water partition coefficient (Wildman–Crippen LogP) is 3.18. The third-order valence-electron chi connectivity index (χ3n) is 5.04. The maximum atomic E-state index is 11.0. The number of benzene rings is 1. The zero-order valence-electron chi connectivity index (χ0n) is 13.1. The molecule has 0 saturated carbocycles. The summed E-state index contributed by atoms with van der Waals surface area (Å²) >= 11 is 0. The number of fused-ring (bicyclic) bond motifs is 1. The standard InChI is InChI=1S/C18H27NO2/c1-2-10-19-11-8-18(20,9-12-19)14-15-7-13-21-17-6-4-3-5-16(15)17/h3-6,15,20H,2,7-14H2,1H3. The number of hydrogen-bond donors (Lipinski definition) is 1. The lowest BCUT2D eigenvalue weighted by Crippen LogP contribution is -2.45.